The van der Waals surface area contributed by atoms with E-state index in [1.54, 1.807) is 13.1 Å². The van der Waals surface area contributed by atoms with Crippen LogP contribution in [-0.4, -0.2) is 65.7 Å². The molecule has 0 spiro atoms. The van der Waals surface area contributed by atoms with Crippen molar-refractivity contribution in [2.45, 2.75) is 32.8 Å². The molecule has 0 aliphatic carbocycles. The highest BCUT2D eigenvalue weighted by atomic mass is 32.2. The van der Waals surface area contributed by atoms with E-state index in [1.807, 2.05) is 31.2 Å². The molecule has 2 heterocycles. The van der Waals surface area contributed by atoms with Crippen molar-refractivity contribution in [3.05, 3.63) is 53.5 Å². The molecule has 0 saturated carbocycles. The average Bonchev–Trinajstić information content (AvgIpc) is 2.71. The molecule has 1 amide bonds. The Bertz CT molecular complexity index is 1010. The van der Waals surface area contributed by atoms with Crippen molar-refractivity contribution in [1.29, 1.82) is 0 Å². The lowest BCUT2D eigenvalue weighted by Crippen LogP contribution is -2.52. The summed E-state index contributed by atoms with van der Waals surface area (Å²) in [6, 6.07) is 7.52. The first-order valence-electron chi connectivity index (χ1n) is 10.1. The van der Waals surface area contributed by atoms with Crippen molar-refractivity contribution < 1.29 is 31.3 Å². The number of ether oxygens (including phenoxy) is 1. The predicted octanol–water partition coefficient (Wildman–Crippen LogP) is 3.30. The van der Waals surface area contributed by atoms with Gasteiger partial charge in [-0.3, -0.25) is 9.54 Å². The first-order valence-corrected chi connectivity index (χ1v) is 12.0. The number of carbonyl (C=O) groups is 1. The second-order valence-corrected chi connectivity index (χ2v) is 9.33. The van der Waals surface area contributed by atoms with Gasteiger partial charge in [0.05, 0.1) is 30.9 Å². The number of aryl methyl sites for hydroxylation is 2. The molecule has 1 atom stereocenters. The number of halogens is 2. The van der Waals surface area contributed by atoms with E-state index in [4.69, 9.17) is 9.29 Å². The molecule has 1 aliphatic rings. The third-order valence-electron chi connectivity index (χ3n) is 4.80. The van der Waals surface area contributed by atoms with Crippen molar-refractivity contribution in [3.8, 4) is 0 Å². The Labute approximate surface area is 191 Å². The first kappa shape index (κ1) is 26.4. The van der Waals surface area contributed by atoms with Crippen LogP contribution in [0.3, 0.4) is 0 Å². The molecule has 1 aromatic heterocycles. The molecule has 0 radical (unpaired) electrons. The molecule has 1 fully saturated rings. The van der Waals surface area contributed by atoms with Crippen LogP contribution in [0.5, 0.6) is 0 Å². The van der Waals surface area contributed by atoms with Gasteiger partial charge in [-0.15, -0.1) is 0 Å². The zero-order chi connectivity index (χ0) is 24.6. The molecular weight excluding hydrogens is 458 g/mol. The Morgan fingerprint density at radius 2 is 1.88 bits per heavy atom. The molecule has 9 nitrogen and oxygen atoms in total. The van der Waals surface area contributed by atoms with Gasteiger partial charge in [0.2, 0.25) is 0 Å². The molecule has 33 heavy (non-hydrogen) atoms. The van der Waals surface area contributed by atoms with Gasteiger partial charge in [-0.1, -0.05) is 29.8 Å². The van der Waals surface area contributed by atoms with Gasteiger partial charge in [0, 0.05) is 19.0 Å². The fraction of sp³-hybridized carbons (Fsp3) is 0.476. The first-order chi connectivity index (χ1) is 15.3. The smallest absolute Gasteiger partial charge is 0.410 e. The Morgan fingerprint density at radius 3 is 2.42 bits per heavy atom. The van der Waals surface area contributed by atoms with E-state index in [-0.39, 0.29) is 26.1 Å². The van der Waals surface area contributed by atoms with E-state index in [9.17, 15) is 22.0 Å². The van der Waals surface area contributed by atoms with E-state index < -0.39 is 34.6 Å². The number of carbonyl (C=O) groups excluding carboxylic acids is 1. The van der Waals surface area contributed by atoms with Crippen LogP contribution in [0, 0.1) is 19.8 Å². The molecule has 3 rings (SSSR count). The zero-order valence-electron chi connectivity index (χ0n) is 18.7. The Hall–Kier alpha value is -2.86. The molecule has 1 saturated heterocycles. The van der Waals surface area contributed by atoms with Crippen LogP contribution in [-0.2, 0) is 21.5 Å². The topological polar surface area (TPSA) is 122 Å². The van der Waals surface area contributed by atoms with Gasteiger partial charge < -0.3 is 15.0 Å². The molecule has 1 aromatic carbocycles. The van der Waals surface area contributed by atoms with Crippen molar-refractivity contribution in [1.82, 2.24) is 14.9 Å². The Kier molecular flexibility index (Phi) is 9.06. The number of anilines is 1. The second-order valence-electron chi connectivity index (χ2n) is 7.87. The van der Waals surface area contributed by atoms with E-state index >= 15 is 0 Å². The number of benzene rings is 1. The quantitative estimate of drug-likeness (QED) is 0.618. The standard InChI is InChI=1S/C20H24F2N4O2.CH4O3S/c1-14-3-5-16(6-4-14)12-28-19(27)26-8-7-17(20(21,22)13-26)10-25-18-11-23-15(2)9-24-18;1-5(2,3)4/h3-6,9,11,17H,7-8,10,12-13H2,1-2H3,(H,24,25);1H3,(H,2,3,4)/t17-;/m1./s1. The summed E-state index contributed by atoms with van der Waals surface area (Å²) in [7, 11) is -3.67. The lowest BCUT2D eigenvalue weighted by Gasteiger charge is -2.37. The molecule has 182 valence electrons. The normalized spacial score (nSPS) is 17.5. The number of aromatic nitrogens is 2. The number of amides is 1. The molecule has 0 bridgehead atoms. The summed E-state index contributed by atoms with van der Waals surface area (Å²) >= 11 is 0. The van der Waals surface area contributed by atoms with E-state index in [0.717, 1.165) is 21.7 Å². The maximum atomic E-state index is 14.5. The van der Waals surface area contributed by atoms with Crippen LogP contribution < -0.4 is 5.32 Å². The Balaban J connectivity index is 0.000000696. The highest BCUT2D eigenvalue weighted by Crippen LogP contribution is 2.33. The van der Waals surface area contributed by atoms with Crippen LogP contribution in [0.4, 0.5) is 19.4 Å². The molecule has 1 aliphatic heterocycles. The van der Waals surface area contributed by atoms with E-state index in [2.05, 4.69) is 15.3 Å². The minimum absolute atomic E-state index is 0.0665. The van der Waals surface area contributed by atoms with Gasteiger partial charge in [-0.2, -0.15) is 8.42 Å². The second kappa shape index (κ2) is 11.3. The van der Waals surface area contributed by atoms with Crippen molar-refractivity contribution in [2.75, 3.05) is 31.2 Å². The number of hydrogen-bond donors (Lipinski definition) is 2. The summed E-state index contributed by atoms with van der Waals surface area (Å²) < 4.78 is 60.1. The zero-order valence-corrected chi connectivity index (χ0v) is 19.5. The number of likely N-dealkylation sites (tertiary alicyclic amines) is 1. The van der Waals surface area contributed by atoms with E-state index in [0.29, 0.717) is 12.1 Å². The van der Waals surface area contributed by atoms with Crippen LogP contribution >= 0.6 is 0 Å². The maximum absolute atomic E-state index is 14.5. The fourth-order valence-corrected chi connectivity index (χ4v) is 3.02. The van der Waals surface area contributed by atoms with Crippen LogP contribution in [0.25, 0.3) is 0 Å². The highest BCUT2D eigenvalue weighted by molar-refractivity contribution is 7.85. The van der Waals surface area contributed by atoms with Gasteiger partial charge >= 0.3 is 6.09 Å². The van der Waals surface area contributed by atoms with Crippen LogP contribution in [0.1, 0.15) is 23.2 Å². The maximum Gasteiger partial charge on any atom is 0.410 e. The third-order valence-corrected chi connectivity index (χ3v) is 4.80. The summed E-state index contributed by atoms with van der Waals surface area (Å²) in [6.45, 7) is 3.48. The van der Waals surface area contributed by atoms with Gasteiger partial charge in [-0.05, 0) is 25.8 Å². The number of rotatable bonds is 5. The average molecular weight is 487 g/mol. The van der Waals surface area contributed by atoms with Gasteiger partial charge in [-0.25, -0.2) is 18.6 Å². The number of hydrogen-bond acceptors (Lipinski definition) is 7. The minimum Gasteiger partial charge on any atom is -0.445 e. The van der Waals surface area contributed by atoms with Gasteiger partial charge in [0.15, 0.2) is 0 Å². The number of alkyl halides is 2. The summed E-state index contributed by atoms with van der Waals surface area (Å²) in [5.41, 5.74) is 2.68. The minimum atomic E-state index is -3.67. The monoisotopic (exact) mass is 486 g/mol. The SMILES string of the molecule is CS(=O)(=O)O.Cc1ccc(COC(=O)N2CC[C@H](CNc3cnc(C)cn3)C(F)(F)C2)cc1. The van der Waals surface area contributed by atoms with Crippen LogP contribution in [0.2, 0.25) is 0 Å². The molecule has 2 aromatic rings. The molecule has 0 unspecified atom stereocenters. The highest BCUT2D eigenvalue weighted by Gasteiger charge is 2.46. The largest absolute Gasteiger partial charge is 0.445 e. The summed E-state index contributed by atoms with van der Waals surface area (Å²) in [4.78, 5) is 21.5. The molecule has 2 N–H and O–H groups in total. The van der Waals surface area contributed by atoms with Crippen LogP contribution in [0.15, 0.2) is 36.7 Å². The fourth-order valence-electron chi connectivity index (χ4n) is 3.02. The van der Waals surface area contributed by atoms with Gasteiger partial charge in [0.25, 0.3) is 16.0 Å². The van der Waals surface area contributed by atoms with Crippen molar-refractivity contribution >= 4 is 22.0 Å². The molecular formula is C21H28F2N4O5S. The third kappa shape index (κ3) is 9.66. The van der Waals surface area contributed by atoms with Crippen molar-refractivity contribution in [2.24, 2.45) is 5.92 Å². The van der Waals surface area contributed by atoms with Gasteiger partial charge in [0.1, 0.15) is 12.4 Å². The number of nitrogens with one attached hydrogen (secondary N) is 1. The van der Waals surface area contributed by atoms with E-state index in [1.165, 1.54) is 6.20 Å². The number of nitrogens with zero attached hydrogens (tertiary/aromatic N) is 3. The Morgan fingerprint density at radius 1 is 1.24 bits per heavy atom. The summed E-state index contributed by atoms with van der Waals surface area (Å²) in [5.74, 6) is -3.44. The lowest BCUT2D eigenvalue weighted by molar-refractivity contribution is -0.101. The predicted molar refractivity (Wildman–Crippen MR) is 119 cm³/mol. The summed E-state index contributed by atoms with van der Waals surface area (Å²) in [6.07, 6.45) is 3.28. The van der Waals surface area contributed by atoms with Crippen molar-refractivity contribution in [3.63, 3.8) is 0 Å². The molecule has 12 heteroatoms. The lowest BCUT2D eigenvalue weighted by atomic mass is 9.93. The summed E-state index contributed by atoms with van der Waals surface area (Å²) in [5, 5.41) is 2.90. The number of piperidine rings is 1.